The van der Waals surface area contributed by atoms with Gasteiger partial charge in [0, 0.05) is 0 Å². The Morgan fingerprint density at radius 1 is 1.09 bits per heavy atom. The Hall–Kier alpha value is -1.22. The Labute approximate surface area is 65.2 Å². The van der Waals surface area contributed by atoms with Crippen LogP contribution in [-0.2, 0) is 9.47 Å². The molecular weight excluding hydrogens is 142 g/mol. The molecular formula is C8H10NO2+. The Bertz CT molecular complexity index is 200. The van der Waals surface area contributed by atoms with E-state index in [0.717, 1.165) is 6.54 Å². The first-order chi connectivity index (χ1) is 5.45. The fraction of sp³-hybridized carbons (Fsp3) is 0.250. The summed E-state index contributed by atoms with van der Waals surface area (Å²) in [5.74, 6) is 0. The molecule has 58 valence electrons. The van der Waals surface area contributed by atoms with Gasteiger partial charge in [-0.15, -0.1) is 0 Å². The largest absolute Gasteiger partial charge is 0.454 e. The molecule has 0 bridgehead atoms. The summed E-state index contributed by atoms with van der Waals surface area (Å²) in [4.78, 5) is 1.25. The van der Waals surface area contributed by atoms with E-state index < -0.39 is 0 Å². The second-order valence-corrected chi connectivity index (χ2v) is 2.47. The standard InChI is InChI=1S/C8H9NO2/c1-2-4-9(3-1)7-8-10-5-6-11-8/h1-6,8H,7H2/p+1. The minimum Gasteiger partial charge on any atom is -0.454 e. The van der Waals surface area contributed by atoms with Gasteiger partial charge in [0.05, 0.1) is 12.4 Å². The van der Waals surface area contributed by atoms with E-state index in [0.29, 0.717) is 0 Å². The summed E-state index contributed by atoms with van der Waals surface area (Å²) in [6.45, 7) is 0.819. The molecule has 0 aromatic carbocycles. The second-order valence-electron chi connectivity index (χ2n) is 2.47. The molecule has 0 unspecified atom stereocenters. The Kier molecular flexibility index (Phi) is 1.65. The highest BCUT2D eigenvalue weighted by atomic mass is 16.7. The molecule has 0 amide bonds. The number of hydrogen-bond donors (Lipinski definition) is 1. The van der Waals surface area contributed by atoms with Crippen LogP contribution in [0.5, 0.6) is 0 Å². The van der Waals surface area contributed by atoms with E-state index in [4.69, 9.17) is 9.47 Å². The van der Waals surface area contributed by atoms with Crippen LogP contribution >= 0.6 is 0 Å². The second kappa shape index (κ2) is 2.80. The summed E-state index contributed by atoms with van der Waals surface area (Å²) >= 11 is 0. The van der Waals surface area contributed by atoms with E-state index >= 15 is 0 Å². The molecule has 3 heteroatoms. The average Bonchev–Trinajstić information content (AvgIpc) is 2.60. The molecule has 0 spiro atoms. The highest BCUT2D eigenvalue weighted by molar-refractivity contribution is 5.00. The van der Waals surface area contributed by atoms with E-state index in [-0.39, 0.29) is 6.29 Å². The van der Waals surface area contributed by atoms with E-state index in [1.165, 1.54) is 4.90 Å². The van der Waals surface area contributed by atoms with Crippen LogP contribution in [0.1, 0.15) is 0 Å². The first kappa shape index (κ1) is 6.49. The fourth-order valence-electron chi connectivity index (χ4n) is 1.11. The normalized spacial score (nSPS) is 22.5. The molecule has 0 saturated heterocycles. The van der Waals surface area contributed by atoms with Gasteiger partial charge in [-0.25, -0.2) is 0 Å². The van der Waals surface area contributed by atoms with Crippen LogP contribution in [0.15, 0.2) is 37.1 Å². The smallest absolute Gasteiger partial charge is 0.289 e. The van der Waals surface area contributed by atoms with Crippen molar-refractivity contribution in [2.24, 2.45) is 0 Å². The van der Waals surface area contributed by atoms with Gasteiger partial charge in [0.1, 0.15) is 12.5 Å². The van der Waals surface area contributed by atoms with E-state index in [9.17, 15) is 0 Å². The molecule has 0 fully saturated rings. The molecule has 11 heavy (non-hydrogen) atoms. The molecule has 2 aliphatic rings. The molecule has 3 nitrogen and oxygen atoms in total. The van der Waals surface area contributed by atoms with Crippen LogP contribution in [0.3, 0.4) is 0 Å². The van der Waals surface area contributed by atoms with Crippen molar-refractivity contribution in [1.29, 1.82) is 0 Å². The summed E-state index contributed by atoms with van der Waals surface area (Å²) in [5, 5.41) is 0. The minimum absolute atomic E-state index is 0.114. The molecule has 1 N–H and O–H groups in total. The monoisotopic (exact) mass is 152 g/mol. The predicted octanol–water partition coefficient (Wildman–Crippen LogP) is -0.244. The number of ether oxygens (including phenoxy) is 2. The molecule has 0 radical (unpaired) electrons. The Balaban J connectivity index is 1.81. The highest BCUT2D eigenvalue weighted by Gasteiger charge is 2.18. The van der Waals surface area contributed by atoms with Crippen molar-refractivity contribution in [3.8, 4) is 0 Å². The van der Waals surface area contributed by atoms with Crippen LogP contribution in [-0.4, -0.2) is 12.8 Å². The first-order valence-electron chi connectivity index (χ1n) is 3.62. The van der Waals surface area contributed by atoms with Gasteiger partial charge >= 0.3 is 0 Å². The van der Waals surface area contributed by atoms with Crippen molar-refractivity contribution in [2.75, 3.05) is 6.54 Å². The first-order valence-corrected chi connectivity index (χ1v) is 3.62. The zero-order chi connectivity index (χ0) is 7.52. The van der Waals surface area contributed by atoms with Crippen LogP contribution in [0.2, 0.25) is 0 Å². The van der Waals surface area contributed by atoms with Crippen LogP contribution < -0.4 is 4.90 Å². The quantitative estimate of drug-likeness (QED) is 0.590. The van der Waals surface area contributed by atoms with Crippen molar-refractivity contribution < 1.29 is 14.4 Å². The summed E-state index contributed by atoms with van der Waals surface area (Å²) < 4.78 is 10.2. The third-order valence-corrected chi connectivity index (χ3v) is 1.65. The van der Waals surface area contributed by atoms with Gasteiger partial charge in [0.25, 0.3) is 6.29 Å². The summed E-state index contributed by atoms with van der Waals surface area (Å²) in [5.41, 5.74) is 0. The maximum Gasteiger partial charge on any atom is 0.289 e. The van der Waals surface area contributed by atoms with Crippen LogP contribution in [0, 0.1) is 0 Å². The number of quaternary nitrogens is 1. The number of rotatable bonds is 2. The molecule has 2 heterocycles. The van der Waals surface area contributed by atoms with Gasteiger partial charge in [-0.05, 0) is 12.2 Å². The fourth-order valence-corrected chi connectivity index (χ4v) is 1.11. The maximum absolute atomic E-state index is 5.12. The van der Waals surface area contributed by atoms with Gasteiger partial charge in [-0.3, -0.25) is 4.90 Å². The molecule has 0 aromatic rings. The highest BCUT2D eigenvalue weighted by Crippen LogP contribution is 2.01. The molecule has 0 aliphatic carbocycles. The molecule has 0 atom stereocenters. The third kappa shape index (κ3) is 1.43. The van der Waals surface area contributed by atoms with Gasteiger partial charge in [0.15, 0.2) is 6.54 Å². The lowest BCUT2D eigenvalue weighted by Gasteiger charge is -2.11. The predicted molar refractivity (Wildman–Crippen MR) is 39.2 cm³/mol. The molecule has 2 aliphatic heterocycles. The molecule has 0 saturated carbocycles. The van der Waals surface area contributed by atoms with Crippen molar-refractivity contribution in [3.05, 3.63) is 37.1 Å². The van der Waals surface area contributed by atoms with Gasteiger partial charge in [-0.1, -0.05) is 0 Å². The van der Waals surface area contributed by atoms with Crippen molar-refractivity contribution in [2.45, 2.75) is 6.29 Å². The lowest BCUT2D eigenvalue weighted by atomic mass is 10.5. The Morgan fingerprint density at radius 2 is 1.73 bits per heavy atom. The summed E-state index contributed by atoms with van der Waals surface area (Å²) in [6, 6.07) is 0. The topological polar surface area (TPSA) is 22.9 Å². The van der Waals surface area contributed by atoms with Crippen LogP contribution in [0.4, 0.5) is 0 Å². The number of allylic oxidation sites excluding steroid dienone is 2. The van der Waals surface area contributed by atoms with Gasteiger partial charge < -0.3 is 9.47 Å². The van der Waals surface area contributed by atoms with Crippen molar-refractivity contribution >= 4 is 0 Å². The SMILES string of the molecule is C1=C[NH+](CC2OC=CO2)C=C1. The summed E-state index contributed by atoms with van der Waals surface area (Å²) in [6.07, 6.45) is 11.2. The summed E-state index contributed by atoms with van der Waals surface area (Å²) in [7, 11) is 0. The number of nitrogens with one attached hydrogen (secondary N) is 1. The lowest BCUT2D eigenvalue weighted by Crippen LogP contribution is -3.03. The minimum atomic E-state index is -0.114. The third-order valence-electron chi connectivity index (χ3n) is 1.65. The zero-order valence-corrected chi connectivity index (χ0v) is 6.07. The van der Waals surface area contributed by atoms with E-state index in [1.54, 1.807) is 12.5 Å². The maximum atomic E-state index is 5.12. The molecule has 0 aromatic heterocycles. The van der Waals surface area contributed by atoms with Crippen LogP contribution in [0.25, 0.3) is 0 Å². The van der Waals surface area contributed by atoms with Gasteiger partial charge in [0.2, 0.25) is 0 Å². The lowest BCUT2D eigenvalue weighted by molar-refractivity contribution is -0.795. The van der Waals surface area contributed by atoms with Crippen molar-refractivity contribution in [1.82, 2.24) is 0 Å². The molecule has 2 rings (SSSR count). The Morgan fingerprint density at radius 3 is 2.36 bits per heavy atom. The number of hydrogen-bond acceptors (Lipinski definition) is 2. The average molecular weight is 152 g/mol. The van der Waals surface area contributed by atoms with Gasteiger partial charge in [-0.2, -0.15) is 0 Å². The van der Waals surface area contributed by atoms with E-state index in [1.807, 2.05) is 12.2 Å². The zero-order valence-electron chi connectivity index (χ0n) is 6.07. The van der Waals surface area contributed by atoms with E-state index in [2.05, 4.69) is 12.4 Å². The van der Waals surface area contributed by atoms with Crippen molar-refractivity contribution in [3.63, 3.8) is 0 Å².